The van der Waals surface area contributed by atoms with Crippen LogP contribution in [0, 0.1) is 5.82 Å². The highest BCUT2D eigenvalue weighted by Gasteiger charge is 2.17. The molecule has 0 saturated heterocycles. The lowest BCUT2D eigenvalue weighted by Crippen LogP contribution is -2.29. The predicted molar refractivity (Wildman–Crippen MR) is 61.5 cm³/mol. The Balaban J connectivity index is 3.17. The van der Waals surface area contributed by atoms with Gasteiger partial charge in [-0.2, -0.15) is 0 Å². The zero-order valence-corrected chi connectivity index (χ0v) is 9.70. The first-order valence-corrected chi connectivity index (χ1v) is 5.23. The minimum absolute atomic E-state index is 0.00259. The van der Waals surface area contributed by atoms with Crippen LogP contribution >= 0.6 is 0 Å². The van der Waals surface area contributed by atoms with Crippen molar-refractivity contribution in [2.75, 3.05) is 11.9 Å². The summed E-state index contributed by atoms with van der Waals surface area (Å²) in [6.45, 7) is 4.01. The van der Waals surface area contributed by atoms with Crippen molar-refractivity contribution in [3.63, 3.8) is 0 Å². The minimum Gasteiger partial charge on any atom is -0.478 e. The summed E-state index contributed by atoms with van der Waals surface area (Å²) in [7, 11) is 1.81. The summed E-state index contributed by atoms with van der Waals surface area (Å²) in [5.74, 6) is -1.64. The van der Waals surface area contributed by atoms with Gasteiger partial charge < -0.3 is 10.0 Å². The number of rotatable bonds is 4. The van der Waals surface area contributed by atoms with E-state index in [0.717, 1.165) is 12.5 Å². The molecular weight excluding hydrogens is 209 g/mol. The third-order valence-corrected chi connectivity index (χ3v) is 2.82. The van der Waals surface area contributed by atoms with Crippen molar-refractivity contribution in [3.05, 3.63) is 29.6 Å². The Morgan fingerprint density at radius 3 is 2.69 bits per heavy atom. The van der Waals surface area contributed by atoms with Crippen LogP contribution in [0.3, 0.4) is 0 Å². The average molecular weight is 225 g/mol. The molecule has 1 aromatic rings. The Hall–Kier alpha value is -1.58. The molecule has 1 N–H and O–H groups in total. The number of halogens is 1. The largest absolute Gasteiger partial charge is 0.478 e. The average Bonchev–Trinajstić information content (AvgIpc) is 2.26. The van der Waals surface area contributed by atoms with Gasteiger partial charge in [0.1, 0.15) is 5.82 Å². The zero-order valence-electron chi connectivity index (χ0n) is 9.70. The van der Waals surface area contributed by atoms with E-state index in [9.17, 15) is 9.18 Å². The van der Waals surface area contributed by atoms with E-state index in [1.54, 1.807) is 0 Å². The Kier molecular flexibility index (Phi) is 3.88. The number of carboxylic acid groups (broad SMARTS) is 1. The van der Waals surface area contributed by atoms with E-state index in [1.165, 1.54) is 12.1 Å². The molecule has 0 aliphatic carbocycles. The molecule has 3 nitrogen and oxygen atoms in total. The van der Waals surface area contributed by atoms with Gasteiger partial charge in [-0.3, -0.25) is 0 Å². The molecule has 0 spiro atoms. The summed E-state index contributed by atoms with van der Waals surface area (Å²) in [4.78, 5) is 12.8. The lowest BCUT2D eigenvalue weighted by molar-refractivity contribution is 0.0697. The van der Waals surface area contributed by atoms with E-state index >= 15 is 0 Å². The molecule has 4 heteroatoms. The normalized spacial score (nSPS) is 12.2. The van der Waals surface area contributed by atoms with Gasteiger partial charge in [-0.15, -0.1) is 0 Å². The fraction of sp³-hybridized carbons (Fsp3) is 0.417. The van der Waals surface area contributed by atoms with Crippen LogP contribution in [0.4, 0.5) is 10.1 Å². The summed E-state index contributed by atoms with van der Waals surface area (Å²) in [5, 5.41) is 9.00. The van der Waals surface area contributed by atoms with Gasteiger partial charge in [-0.1, -0.05) is 6.92 Å². The third kappa shape index (κ3) is 2.51. The van der Waals surface area contributed by atoms with E-state index in [-0.39, 0.29) is 11.6 Å². The van der Waals surface area contributed by atoms with Crippen molar-refractivity contribution in [3.8, 4) is 0 Å². The maximum atomic E-state index is 13.0. The van der Waals surface area contributed by atoms with Crippen molar-refractivity contribution in [2.45, 2.75) is 26.3 Å². The molecule has 0 heterocycles. The molecular formula is C12H16FNO2. The Bertz CT molecular complexity index is 393. The molecule has 0 aliphatic rings. The Morgan fingerprint density at radius 2 is 2.19 bits per heavy atom. The molecule has 1 unspecified atom stereocenters. The van der Waals surface area contributed by atoms with Crippen LogP contribution in [-0.2, 0) is 0 Å². The topological polar surface area (TPSA) is 40.5 Å². The maximum Gasteiger partial charge on any atom is 0.337 e. The lowest BCUT2D eigenvalue weighted by atomic mass is 10.1. The second-order valence-corrected chi connectivity index (χ2v) is 3.83. The quantitative estimate of drug-likeness (QED) is 0.856. The number of aromatic carboxylic acids is 1. The Morgan fingerprint density at radius 1 is 1.56 bits per heavy atom. The van der Waals surface area contributed by atoms with Crippen molar-refractivity contribution in [1.82, 2.24) is 0 Å². The van der Waals surface area contributed by atoms with Crippen molar-refractivity contribution < 1.29 is 14.3 Å². The highest BCUT2D eigenvalue weighted by atomic mass is 19.1. The van der Waals surface area contributed by atoms with Gasteiger partial charge in [0.05, 0.1) is 11.3 Å². The summed E-state index contributed by atoms with van der Waals surface area (Å²) < 4.78 is 13.0. The lowest BCUT2D eigenvalue weighted by Gasteiger charge is -2.27. The highest BCUT2D eigenvalue weighted by molar-refractivity contribution is 5.94. The summed E-state index contributed by atoms with van der Waals surface area (Å²) >= 11 is 0. The molecule has 0 fully saturated rings. The van der Waals surface area contributed by atoms with Gasteiger partial charge >= 0.3 is 5.97 Å². The van der Waals surface area contributed by atoms with Crippen molar-refractivity contribution in [2.24, 2.45) is 0 Å². The van der Waals surface area contributed by atoms with Gasteiger partial charge in [0.2, 0.25) is 0 Å². The first-order valence-electron chi connectivity index (χ1n) is 5.23. The van der Waals surface area contributed by atoms with Crippen LogP contribution in [0.1, 0.15) is 30.6 Å². The fourth-order valence-electron chi connectivity index (χ4n) is 1.50. The van der Waals surface area contributed by atoms with Gasteiger partial charge in [0.15, 0.2) is 0 Å². The number of carbonyl (C=O) groups is 1. The van der Waals surface area contributed by atoms with E-state index in [1.807, 2.05) is 25.8 Å². The standard InChI is InChI=1S/C12H16FNO2/c1-4-8(2)14(3)11-6-5-9(13)7-10(11)12(15)16/h5-8H,4H2,1-3H3,(H,15,16). The van der Waals surface area contributed by atoms with Crippen LogP contribution in [-0.4, -0.2) is 24.2 Å². The van der Waals surface area contributed by atoms with Crippen LogP contribution < -0.4 is 4.90 Å². The van der Waals surface area contributed by atoms with E-state index < -0.39 is 11.8 Å². The first kappa shape index (κ1) is 12.5. The minimum atomic E-state index is -1.11. The summed E-state index contributed by atoms with van der Waals surface area (Å²) in [5.41, 5.74) is 0.547. The number of nitrogens with zero attached hydrogens (tertiary/aromatic N) is 1. The van der Waals surface area contributed by atoms with E-state index in [4.69, 9.17) is 5.11 Å². The fourth-order valence-corrected chi connectivity index (χ4v) is 1.50. The van der Waals surface area contributed by atoms with Crippen LogP contribution in [0.15, 0.2) is 18.2 Å². The molecule has 0 aliphatic heterocycles. The molecule has 88 valence electrons. The Labute approximate surface area is 94.5 Å². The number of hydrogen-bond donors (Lipinski definition) is 1. The van der Waals surface area contributed by atoms with Gasteiger partial charge in [0, 0.05) is 13.1 Å². The molecule has 0 bridgehead atoms. The maximum absolute atomic E-state index is 13.0. The van der Waals surface area contributed by atoms with E-state index in [2.05, 4.69) is 0 Å². The van der Waals surface area contributed by atoms with Crippen molar-refractivity contribution in [1.29, 1.82) is 0 Å². The SMILES string of the molecule is CCC(C)N(C)c1ccc(F)cc1C(=O)O. The second kappa shape index (κ2) is 4.96. The summed E-state index contributed by atoms with van der Waals surface area (Å²) in [6, 6.07) is 4.05. The molecule has 1 atom stereocenters. The molecule has 0 aromatic heterocycles. The van der Waals surface area contributed by atoms with Crippen molar-refractivity contribution >= 4 is 11.7 Å². The van der Waals surface area contributed by atoms with Gasteiger partial charge in [0.25, 0.3) is 0 Å². The van der Waals surface area contributed by atoms with E-state index in [0.29, 0.717) is 5.69 Å². The number of benzene rings is 1. The third-order valence-electron chi connectivity index (χ3n) is 2.82. The highest BCUT2D eigenvalue weighted by Crippen LogP contribution is 2.23. The van der Waals surface area contributed by atoms with Gasteiger partial charge in [-0.05, 0) is 31.5 Å². The number of hydrogen-bond acceptors (Lipinski definition) is 2. The molecule has 0 amide bonds. The van der Waals surface area contributed by atoms with Crippen LogP contribution in [0.5, 0.6) is 0 Å². The summed E-state index contributed by atoms with van der Waals surface area (Å²) in [6.07, 6.45) is 0.896. The number of carboxylic acids is 1. The second-order valence-electron chi connectivity index (χ2n) is 3.83. The molecule has 0 saturated carbocycles. The first-order chi connectivity index (χ1) is 7.47. The van der Waals surface area contributed by atoms with Crippen LogP contribution in [0.2, 0.25) is 0 Å². The van der Waals surface area contributed by atoms with Gasteiger partial charge in [-0.25, -0.2) is 9.18 Å². The van der Waals surface area contributed by atoms with Crippen LogP contribution in [0.25, 0.3) is 0 Å². The molecule has 1 aromatic carbocycles. The number of anilines is 1. The molecule has 0 radical (unpaired) electrons. The zero-order chi connectivity index (χ0) is 12.3. The monoisotopic (exact) mass is 225 g/mol. The molecule has 16 heavy (non-hydrogen) atoms. The molecule has 1 rings (SSSR count). The predicted octanol–water partition coefficient (Wildman–Crippen LogP) is 2.76. The smallest absolute Gasteiger partial charge is 0.337 e.